The van der Waals surface area contributed by atoms with E-state index in [1.165, 1.54) is 0 Å². The van der Waals surface area contributed by atoms with Gasteiger partial charge in [0.2, 0.25) is 11.8 Å². The molecule has 0 aromatic rings. The molecule has 1 aliphatic heterocycles. The SMILES string of the molecule is O=C1CCC[C@@H]([C@H](NC(=O)[C@@H]2CCC(=O)N2)C(=O)O)C1. The fraction of sp³-hybridized carbons (Fsp3) is 0.692. The molecule has 7 nitrogen and oxygen atoms in total. The van der Waals surface area contributed by atoms with Crippen LogP contribution in [0.25, 0.3) is 0 Å². The van der Waals surface area contributed by atoms with Gasteiger partial charge in [0.1, 0.15) is 17.9 Å². The number of carbonyl (C=O) groups excluding carboxylic acids is 3. The highest BCUT2D eigenvalue weighted by Crippen LogP contribution is 2.25. The summed E-state index contributed by atoms with van der Waals surface area (Å²) in [5.74, 6) is -2.15. The lowest BCUT2D eigenvalue weighted by Crippen LogP contribution is -2.52. The first kappa shape index (κ1) is 14.5. The summed E-state index contributed by atoms with van der Waals surface area (Å²) in [7, 11) is 0. The molecule has 20 heavy (non-hydrogen) atoms. The van der Waals surface area contributed by atoms with E-state index in [9.17, 15) is 24.3 Å². The van der Waals surface area contributed by atoms with Crippen molar-refractivity contribution in [1.29, 1.82) is 0 Å². The van der Waals surface area contributed by atoms with Gasteiger partial charge in [-0.3, -0.25) is 14.4 Å². The van der Waals surface area contributed by atoms with Gasteiger partial charge in [0.15, 0.2) is 0 Å². The zero-order chi connectivity index (χ0) is 14.7. The van der Waals surface area contributed by atoms with Crippen LogP contribution in [0.5, 0.6) is 0 Å². The number of carboxylic acid groups (broad SMARTS) is 1. The van der Waals surface area contributed by atoms with E-state index >= 15 is 0 Å². The van der Waals surface area contributed by atoms with Gasteiger partial charge in [-0.15, -0.1) is 0 Å². The van der Waals surface area contributed by atoms with Gasteiger partial charge in [0.25, 0.3) is 0 Å². The minimum atomic E-state index is -1.14. The highest BCUT2D eigenvalue weighted by molar-refractivity contribution is 5.93. The van der Waals surface area contributed by atoms with Crippen molar-refractivity contribution in [1.82, 2.24) is 10.6 Å². The lowest BCUT2D eigenvalue weighted by Gasteiger charge is -2.28. The van der Waals surface area contributed by atoms with Gasteiger partial charge in [-0.1, -0.05) is 0 Å². The summed E-state index contributed by atoms with van der Waals surface area (Å²) in [5.41, 5.74) is 0. The van der Waals surface area contributed by atoms with Crippen molar-refractivity contribution in [2.24, 2.45) is 5.92 Å². The summed E-state index contributed by atoms with van der Waals surface area (Å²) in [5, 5.41) is 14.2. The molecule has 0 aromatic carbocycles. The Morgan fingerprint density at radius 2 is 2.00 bits per heavy atom. The lowest BCUT2D eigenvalue weighted by atomic mass is 9.83. The van der Waals surface area contributed by atoms with E-state index in [1.807, 2.05) is 0 Å². The Labute approximate surface area is 116 Å². The molecule has 3 atom stereocenters. The number of ketones is 1. The third kappa shape index (κ3) is 3.34. The molecule has 7 heteroatoms. The molecule has 110 valence electrons. The first-order valence-electron chi connectivity index (χ1n) is 6.81. The summed E-state index contributed by atoms with van der Waals surface area (Å²) in [6.07, 6.45) is 2.59. The third-order valence-electron chi connectivity index (χ3n) is 3.87. The summed E-state index contributed by atoms with van der Waals surface area (Å²) in [4.78, 5) is 45.8. The molecule has 0 bridgehead atoms. The Bertz CT molecular complexity index is 448. The highest BCUT2D eigenvalue weighted by Gasteiger charge is 2.36. The van der Waals surface area contributed by atoms with Crippen molar-refractivity contribution >= 4 is 23.6 Å². The van der Waals surface area contributed by atoms with Gasteiger partial charge in [-0.05, 0) is 25.2 Å². The molecule has 1 saturated heterocycles. The molecular weight excluding hydrogens is 264 g/mol. The summed E-state index contributed by atoms with van der Waals surface area (Å²) in [6.45, 7) is 0. The first-order valence-corrected chi connectivity index (χ1v) is 6.81. The third-order valence-corrected chi connectivity index (χ3v) is 3.87. The van der Waals surface area contributed by atoms with Gasteiger partial charge < -0.3 is 15.7 Å². The number of hydrogen-bond acceptors (Lipinski definition) is 4. The minimum absolute atomic E-state index is 0.0379. The predicted octanol–water partition coefficient (Wildman–Crippen LogP) is -0.406. The van der Waals surface area contributed by atoms with Crippen molar-refractivity contribution in [3.8, 4) is 0 Å². The molecule has 0 spiro atoms. The monoisotopic (exact) mass is 282 g/mol. The van der Waals surface area contributed by atoms with Crippen LogP contribution in [0.3, 0.4) is 0 Å². The normalized spacial score (nSPS) is 27.8. The number of amides is 2. The standard InChI is InChI=1S/C13H18N2O5/c16-8-3-1-2-7(6-8)11(13(19)20)15-12(18)9-4-5-10(17)14-9/h7,9,11H,1-6H2,(H,14,17)(H,15,18)(H,19,20)/t7-,9+,11+/m1/s1. The predicted molar refractivity (Wildman–Crippen MR) is 67.7 cm³/mol. The van der Waals surface area contributed by atoms with Crippen LogP contribution >= 0.6 is 0 Å². The summed E-state index contributed by atoms with van der Waals surface area (Å²) < 4.78 is 0. The topological polar surface area (TPSA) is 113 Å². The molecule has 2 fully saturated rings. The number of rotatable bonds is 4. The average Bonchev–Trinajstić information content (AvgIpc) is 2.82. The molecule has 1 aliphatic carbocycles. The molecule has 1 heterocycles. The van der Waals surface area contributed by atoms with E-state index in [0.717, 1.165) is 0 Å². The van der Waals surface area contributed by atoms with E-state index in [4.69, 9.17) is 0 Å². The van der Waals surface area contributed by atoms with Gasteiger partial charge in [0, 0.05) is 19.3 Å². The quantitative estimate of drug-likeness (QED) is 0.649. The van der Waals surface area contributed by atoms with E-state index < -0.39 is 24.0 Å². The molecule has 2 amide bonds. The van der Waals surface area contributed by atoms with Gasteiger partial charge >= 0.3 is 5.97 Å². The van der Waals surface area contributed by atoms with Crippen LogP contribution in [0.1, 0.15) is 38.5 Å². The van der Waals surface area contributed by atoms with Crippen molar-refractivity contribution in [3.63, 3.8) is 0 Å². The van der Waals surface area contributed by atoms with Crippen LogP contribution in [0, 0.1) is 5.92 Å². The molecule has 0 radical (unpaired) electrons. The molecule has 0 unspecified atom stereocenters. The highest BCUT2D eigenvalue weighted by atomic mass is 16.4. The summed E-state index contributed by atoms with van der Waals surface area (Å²) >= 11 is 0. The van der Waals surface area contributed by atoms with Crippen LogP contribution < -0.4 is 10.6 Å². The van der Waals surface area contributed by atoms with Crippen LogP contribution in [0.15, 0.2) is 0 Å². The number of aliphatic carboxylic acids is 1. The van der Waals surface area contributed by atoms with E-state index in [2.05, 4.69) is 10.6 Å². The van der Waals surface area contributed by atoms with Crippen LogP contribution in [0.4, 0.5) is 0 Å². The maximum absolute atomic E-state index is 12.0. The van der Waals surface area contributed by atoms with Crippen LogP contribution in [-0.4, -0.2) is 40.8 Å². The van der Waals surface area contributed by atoms with Crippen LogP contribution in [-0.2, 0) is 19.2 Å². The molecule has 1 saturated carbocycles. The second kappa shape index (κ2) is 6.02. The second-order valence-electron chi connectivity index (χ2n) is 5.38. The Morgan fingerprint density at radius 3 is 2.55 bits per heavy atom. The lowest BCUT2D eigenvalue weighted by molar-refractivity contribution is -0.144. The average molecular weight is 282 g/mol. The van der Waals surface area contributed by atoms with E-state index in [-0.39, 0.29) is 30.4 Å². The largest absolute Gasteiger partial charge is 0.480 e. The molecule has 2 rings (SSSR count). The Morgan fingerprint density at radius 1 is 1.25 bits per heavy atom. The Hall–Kier alpha value is -1.92. The van der Waals surface area contributed by atoms with E-state index in [0.29, 0.717) is 25.7 Å². The van der Waals surface area contributed by atoms with Gasteiger partial charge in [-0.2, -0.15) is 0 Å². The van der Waals surface area contributed by atoms with Crippen molar-refractivity contribution in [3.05, 3.63) is 0 Å². The Balaban J connectivity index is 1.98. The number of hydrogen-bond donors (Lipinski definition) is 3. The molecule has 3 N–H and O–H groups in total. The van der Waals surface area contributed by atoms with E-state index in [1.54, 1.807) is 0 Å². The maximum atomic E-state index is 12.0. The first-order chi connectivity index (χ1) is 9.47. The number of carboxylic acids is 1. The summed E-state index contributed by atoms with van der Waals surface area (Å²) in [6, 6.07) is -1.73. The number of nitrogens with one attached hydrogen (secondary N) is 2. The number of Topliss-reactive ketones (excluding diaryl/α,β-unsaturated/α-hetero) is 1. The smallest absolute Gasteiger partial charge is 0.326 e. The van der Waals surface area contributed by atoms with Crippen molar-refractivity contribution < 1.29 is 24.3 Å². The molecule has 0 aromatic heterocycles. The van der Waals surface area contributed by atoms with Crippen molar-refractivity contribution in [2.45, 2.75) is 50.6 Å². The Kier molecular flexibility index (Phi) is 4.36. The fourth-order valence-electron chi connectivity index (χ4n) is 2.79. The zero-order valence-electron chi connectivity index (χ0n) is 11.1. The molecule has 2 aliphatic rings. The van der Waals surface area contributed by atoms with Crippen molar-refractivity contribution in [2.75, 3.05) is 0 Å². The maximum Gasteiger partial charge on any atom is 0.326 e. The van der Waals surface area contributed by atoms with Gasteiger partial charge in [0.05, 0.1) is 0 Å². The second-order valence-corrected chi connectivity index (χ2v) is 5.38. The van der Waals surface area contributed by atoms with Crippen LogP contribution in [0.2, 0.25) is 0 Å². The molecular formula is C13H18N2O5. The zero-order valence-corrected chi connectivity index (χ0v) is 11.1. The minimum Gasteiger partial charge on any atom is -0.480 e. The number of carbonyl (C=O) groups is 4. The van der Waals surface area contributed by atoms with Gasteiger partial charge in [-0.25, -0.2) is 4.79 Å². The fourth-order valence-corrected chi connectivity index (χ4v) is 2.79.